The average Bonchev–Trinajstić information content (AvgIpc) is 2.47. The Kier molecular flexibility index (Phi) is 4.54. The second-order valence-corrected chi connectivity index (χ2v) is 7.19. The van der Waals surface area contributed by atoms with Gasteiger partial charge in [-0.15, -0.1) is 0 Å². The largest absolute Gasteiger partial charge is 0.399 e. The molecule has 0 aliphatic carbocycles. The third kappa shape index (κ3) is 2.89. The highest BCUT2D eigenvalue weighted by Gasteiger charge is 2.27. The van der Waals surface area contributed by atoms with E-state index in [-0.39, 0.29) is 6.04 Å². The van der Waals surface area contributed by atoms with Gasteiger partial charge in [0.25, 0.3) is 0 Å². The molecule has 0 heterocycles. The van der Waals surface area contributed by atoms with Crippen LogP contribution in [0.5, 0.6) is 0 Å². The van der Waals surface area contributed by atoms with Crippen molar-refractivity contribution in [2.45, 2.75) is 37.6 Å². The number of nitrogens with zero attached hydrogens (tertiary/aromatic N) is 1. The lowest BCUT2D eigenvalue weighted by molar-refractivity contribution is 0.350. The molecule has 0 spiro atoms. The van der Waals surface area contributed by atoms with Gasteiger partial charge in [0, 0.05) is 24.2 Å². The number of sulfonamides is 1. The van der Waals surface area contributed by atoms with Gasteiger partial charge in [-0.25, -0.2) is 8.42 Å². The quantitative estimate of drug-likeness (QED) is 0.863. The van der Waals surface area contributed by atoms with Crippen molar-refractivity contribution in [2.75, 3.05) is 12.8 Å². The van der Waals surface area contributed by atoms with Gasteiger partial charge in [0.2, 0.25) is 10.0 Å². The molecule has 2 aromatic carbocycles. The minimum atomic E-state index is -3.51. The standard InChI is InChI=1S/C16H22N2O2S/c1-4-14(5-2)18(3)21(19,20)16-8-6-7-12-11-13(17)9-10-15(12)16/h6-11,14H,4-5,17H2,1-3H3. The molecule has 2 rings (SSSR count). The van der Waals surface area contributed by atoms with Crippen LogP contribution in [-0.4, -0.2) is 25.8 Å². The zero-order chi connectivity index (χ0) is 15.6. The van der Waals surface area contributed by atoms with Crippen molar-refractivity contribution in [3.8, 4) is 0 Å². The summed E-state index contributed by atoms with van der Waals surface area (Å²) in [4.78, 5) is 0.342. The highest BCUT2D eigenvalue weighted by Crippen LogP contribution is 2.28. The van der Waals surface area contributed by atoms with Crippen LogP contribution in [0.4, 0.5) is 5.69 Å². The van der Waals surface area contributed by atoms with E-state index in [0.717, 1.165) is 18.2 Å². The minimum absolute atomic E-state index is 0.0130. The summed E-state index contributed by atoms with van der Waals surface area (Å²) in [6.45, 7) is 4.01. The molecule has 0 aliphatic heterocycles. The SMILES string of the molecule is CCC(CC)N(C)S(=O)(=O)c1cccc2cc(N)ccc12. The first kappa shape index (κ1) is 15.8. The fraction of sp³-hybridized carbons (Fsp3) is 0.375. The molecule has 0 aliphatic rings. The minimum Gasteiger partial charge on any atom is -0.399 e. The Morgan fingerprint density at radius 1 is 1.14 bits per heavy atom. The topological polar surface area (TPSA) is 63.4 Å². The van der Waals surface area contributed by atoms with E-state index in [1.54, 1.807) is 37.4 Å². The highest BCUT2D eigenvalue weighted by atomic mass is 32.2. The zero-order valence-electron chi connectivity index (χ0n) is 12.7. The fourth-order valence-electron chi connectivity index (χ4n) is 2.65. The van der Waals surface area contributed by atoms with Crippen molar-refractivity contribution in [1.29, 1.82) is 0 Å². The number of nitrogen functional groups attached to an aromatic ring is 1. The maximum atomic E-state index is 12.9. The van der Waals surface area contributed by atoms with Crippen molar-refractivity contribution in [1.82, 2.24) is 4.31 Å². The molecular weight excluding hydrogens is 284 g/mol. The van der Waals surface area contributed by atoms with Crippen LogP contribution in [0.3, 0.4) is 0 Å². The molecular formula is C16H22N2O2S. The number of nitrogens with two attached hydrogens (primary N) is 1. The van der Waals surface area contributed by atoms with E-state index in [0.29, 0.717) is 16.0 Å². The van der Waals surface area contributed by atoms with E-state index < -0.39 is 10.0 Å². The summed E-state index contributed by atoms with van der Waals surface area (Å²) in [6.07, 6.45) is 1.59. The first-order chi connectivity index (χ1) is 9.91. The summed E-state index contributed by atoms with van der Waals surface area (Å²) >= 11 is 0. The molecule has 0 radical (unpaired) electrons. The van der Waals surface area contributed by atoms with Crippen molar-refractivity contribution >= 4 is 26.5 Å². The third-order valence-electron chi connectivity index (χ3n) is 3.98. The van der Waals surface area contributed by atoms with Crippen molar-refractivity contribution in [3.63, 3.8) is 0 Å². The highest BCUT2D eigenvalue weighted by molar-refractivity contribution is 7.89. The van der Waals surface area contributed by atoms with Gasteiger partial charge in [0.1, 0.15) is 0 Å². The summed E-state index contributed by atoms with van der Waals surface area (Å²) in [5.41, 5.74) is 6.40. The Balaban J connectivity index is 2.60. The smallest absolute Gasteiger partial charge is 0.243 e. The Bertz CT molecular complexity index is 737. The summed E-state index contributed by atoms with van der Waals surface area (Å²) in [7, 11) is -1.85. The van der Waals surface area contributed by atoms with Crippen LogP contribution < -0.4 is 5.73 Å². The van der Waals surface area contributed by atoms with Crippen LogP contribution in [0, 0.1) is 0 Å². The van der Waals surface area contributed by atoms with Gasteiger partial charge in [-0.3, -0.25) is 0 Å². The normalized spacial score (nSPS) is 12.4. The van der Waals surface area contributed by atoms with Crippen LogP contribution in [0.15, 0.2) is 41.3 Å². The average molecular weight is 306 g/mol. The molecule has 2 aromatic rings. The molecule has 4 nitrogen and oxygen atoms in total. The number of fused-ring (bicyclic) bond motifs is 1. The van der Waals surface area contributed by atoms with Crippen LogP contribution in [-0.2, 0) is 10.0 Å². The van der Waals surface area contributed by atoms with E-state index in [1.807, 2.05) is 19.9 Å². The monoisotopic (exact) mass is 306 g/mol. The second-order valence-electron chi connectivity index (χ2n) is 5.23. The molecule has 0 atom stereocenters. The maximum Gasteiger partial charge on any atom is 0.243 e. The second kappa shape index (κ2) is 6.03. The van der Waals surface area contributed by atoms with Gasteiger partial charge in [0.15, 0.2) is 0 Å². The molecule has 0 saturated carbocycles. The van der Waals surface area contributed by atoms with Gasteiger partial charge in [-0.2, -0.15) is 4.31 Å². The van der Waals surface area contributed by atoms with Gasteiger partial charge in [-0.1, -0.05) is 32.0 Å². The number of anilines is 1. The van der Waals surface area contributed by atoms with E-state index in [2.05, 4.69) is 0 Å². The maximum absolute atomic E-state index is 12.9. The third-order valence-corrected chi connectivity index (χ3v) is 5.95. The molecule has 21 heavy (non-hydrogen) atoms. The number of rotatable bonds is 5. The van der Waals surface area contributed by atoms with Gasteiger partial charge in [-0.05, 0) is 36.4 Å². The van der Waals surface area contributed by atoms with Crippen molar-refractivity contribution in [3.05, 3.63) is 36.4 Å². The van der Waals surface area contributed by atoms with Gasteiger partial charge >= 0.3 is 0 Å². The molecule has 0 amide bonds. The summed E-state index contributed by atoms with van der Waals surface area (Å²) in [6, 6.07) is 10.6. The predicted molar refractivity (Wildman–Crippen MR) is 87.7 cm³/mol. The number of benzene rings is 2. The molecule has 5 heteroatoms. The van der Waals surface area contributed by atoms with Crippen LogP contribution in [0.25, 0.3) is 10.8 Å². The molecule has 0 saturated heterocycles. The van der Waals surface area contributed by atoms with Gasteiger partial charge in [0.05, 0.1) is 4.90 Å². The Hall–Kier alpha value is -1.59. The van der Waals surface area contributed by atoms with Crippen LogP contribution in [0.2, 0.25) is 0 Å². The fourth-order valence-corrected chi connectivity index (χ4v) is 4.37. The van der Waals surface area contributed by atoms with Crippen molar-refractivity contribution < 1.29 is 8.42 Å². The Morgan fingerprint density at radius 2 is 1.81 bits per heavy atom. The predicted octanol–water partition coefficient (Wildman–Crippen LogP) is 3.23. The molecule has 0 unspecified atom stereocenters. The zero-order valence-corrected chi connectivity index (χ0v) is 13.5. The molecule has 2 N–H and O–H groups in total. The van der Waals surface area contributed by atoms with E-state index in [9.17, 15) is 8.42 Å². The Morgan fingerprint density at radius 3 is 2.43 bits per heavy atom. The number of hydrogen-bond acceptors (Lipinski definition) is 3. The van der Waals surface area contributed by atoms with Crippen molar-refractivity contribution in [2.24, 2.45) is 0 Å². The van der Waals surface area contributed by atoms with Crippen LogP contribution in [0.1, 0.15) is 26.7 Å². The molecule has 0 aromatic heterocycles. The van der Waals surface area contributed by atoms with E-state index in [1.165, 1.54) is 4.31 Å². The number of hydrogen-bond donors (Lipinski definition) is 1. The summed E-state index contributed by atoms with van der Waals surface area (Å²) in [5.74, 6) is 0. The van der Waals surface area contributed by atoms with E-state index >= 15 is 0 Å². The summed E-state index contributed by atoms with van der Waals surface area (Å²) in [5, 5.41) is 1.55. The molecule has 0 fully saturated rings. The lowest BCUT2D eigenvalue weighted by Gasteiger charge is -2.26. The molecule has 0 bridgehead atoms. The first-order valence-electron chi connectivity index (χ1n) is 7.18. The first-order valence-corrected chi connectivity index (χ1v) is 8.62. The lowest BCUT2D eigenvalue weighted by atomic mass is 10.1. The van der Waals surface area contributed by atoms with Crippen LogP contribution >= 0.6 is 0 Å². The van der Waals surface area contributed by atoms with Gasteiger partial charge < -0.3 is 5.73 Å². The van der Waals surface area contributed by atoms with E-state index in [4.69, 9.17) is 5.73 Å². The molecule has 114 valence electrons. The summed E-state index contributed by atoms with van der Waals surface area (Å²) < 4.78 is 27.3. The Labute approximate surface area is 126 Å². The lowest BCUT2D eigenvalue weighted by Crippen LogP contribution is -2.36.